The lowest BCUT2D eigenvalue weighted by Crippen LogP contribution is -2.30. The number of aliphatic imine (C=N–C) groups is 1. The molecule has 0 atom stereocenters. The van der Waals surface area contributed by atoms with Gasteiger partial charge in [-0.25, -0.2) is 9.79 Å². The van der Waals surface area contributed by atoms with E-state index in [1.807, 2.05) is 6.92 Å². The molecular weight excluding hydrogens is 402 g/mol. The lowest BCUT2D eigenvalue weighted by molar-refractivity contribution is 0.150. The van der Waals surface area contributed by atoms with Crippen molar-refractivity contribution in [2.45, 2.75) is 24.7 Å². The normalized spacial score (nSPS) is 13.0. The highest BCUT2D eigenvalue weighted by atomic mass is 32.2. The number of amidine groups is 1. The quantitative estimate of drug-likeness (QED) is 0.412. The van der Waals surface area contributed by atoms with E-state index in [9.17, 15) is 13.2 Å². The molecule has 0 aliphatic carbocycles. The van der Waals surface area contributed by atoms with Crippen LogP contribution >= 0.6 is 11.9 Å². The molecule has 2 aromatic carbocycles. The molecule has 0 saturated carbocycles. The van der Waals surface area contributed by atoms with Gasteiger partial charge in [-0.1, -0.05) is 31.5 Å². The molecule has 28 heavy (non-hydrogen) atoms. The van der Waals surface area contributed by atoms with Gasteiger partial charge in [0.2, 0.25) is 0 Å². The van der Waals surface area contributed by atoms with Crippen molar-refractivity contribution < 1.29 is 22.1 Å². The van der Waals surface area contributed by atoms with Gasteiger partial charge in [0.1, 0.15) is 10.6 Å². The number of nitrogens with zero attached hydrogens (tertiary/aromatic N) is 1. The Kier molecular flexibility index (Phi) is 6.42. The molecule has 148 valence electrons. The van der Waals surface area contributed by atoms with Crippen LogP contribution in [0, 0.1) is 0 Å². The van der Waals surface area contributed by atoms with Crippen LogP contribution in [0.2, 0.25) is 0 Å². The Morgan fingerprint density at radius 2 is 2.00 bits per heavy atom. The van der Waals surface area contributed by atoms with Crippen LogP contribution in [0.1, 0.15) is 19.8 Å². The summed E-state index contributed by atoms with van der Waals surface area (Å²) in [6, 6.07) is 12.6. The third-order valence-electron chi connectivity index (χ3n) is 3.63. The Morgan fingerprint density at radius 3 is 2.75 bits per heavy atom. The third-order valence-corrected chi connectivity index (χ3v) is 5.58. The first kappa shape index (κ1) is 20.0. The van der Waals surface area contributed by atoms with Crippen molar-refractivity contribution in [2.24, 2.45) is 4.99 Å². The van der Waals surface area contributed by atoms with E-state index in [0.717, 1.165) is 24.8 Å². The molecular formula is C18H19N3O5S2. The molecule has 10 heteroatoms. The fraction of sp³-hybridized carbons (Fsp3) is 0.222. The summed E-state index contributed by atoms with van der Waals surface area (Å²) in [5, 5.41) is 2.85. The Bertz CT molecular complexity index is 978. The zero-order valence-electron chi connectivity index (χ0n) is 15.0. The van der Waals surface area contributed by atoms with Gasteiger partial charge in [0.05, 0.1) is 18.0 Å². The minimum Gasteiger partial charge on any atom is -0.449 e. The summed E-state index contributed by atoms with van der Waals surface area (Å²) in [7, 11) is -3.98. The molecule has 1 heterocycles. The molecule has 2 aromatic rings. The highest BCUT2D eigenvalue weighted by molar-refractivity contribution is 8.15. The summed E-state index contributed by atoms with van der Waals surface area (Å²) < 4.78 is 38.0. The standard InChI is InChI=1S/C18H19N3O5S2/c1-2-3-11-25-18(22)20-17-19-15-10-9-14(12-16(15)21-27-17)28(23,24)26-13-7-5-4-6-8-13/h4-10,12,21H,2-3,11H2,1H3,(H,19,20,22). The largest absolute Gasteiger partial charge is 0.449 e. The number of fused-ring (bicyclic) bond motifs is 1. The third kappa shape index (κ3) is 5.17. The van der Waals surface area contributed by atoms with E-state index in [1.165, 1.54) is 18.2 Å². The highest BCUT2D eigenvalue weighted by Crippen LogP contribution is 2.34. The minimum atomic E-state index is -3.98. The summed E-state index contributed by atoms with van der Waals surface area (Å²) >= 11 is 1.05. The number of nitrogens with one attached hydrogen (secondary N) is 2. The number of ether oxygens (including phenoxy) is 1. The van der Waals surface area contributed by atoms with Crippen molar-refractivity contribution in [1.29, 1.82) is 0 Å². The molecule has 8 nitrogen and oxygen atoms in total. The Labute approximate surface area is 167 Å². The Hall–Kier alpha value is -2.72. The average Bonchev–Trinajstić information content (AvgIpc) is 2.68. The van der Waals surface area contributed by atoms with Crippen molar-refractivity contribution in [1.82, 2.24) is 5.32 Å². The van der Waals surface area contributed by atoms with Gasteiger partial charge in [0.15, 0.2) is 5.17 Å². The van der Waals surface area contributed by atoms with Gasteiger partial charge in [-0.05, 0) is 36.8 Å². The summed E-state index contributed by atoms with van der Waals surface area (Å²) in [5.41, 5.74) is 0.980. The first-order valence-corrected chi connectivity index (χ1v) is 10.8. The van der Waals surface area contributed by atoms with E-state index in [4.69, 9.17) is 8.92 Å². The zero-order valence-corrected chi connectivity index (χ0v) is 16.7. The Morgan fingerprint density at radius 1 is 1.21 bits per heavy atom. The van der Waals surface area contributed by atoms with E-state index in [2.05, 4.69) is 15.0 Å². The summed E-state index contributed by atoms with van der Waals surface area (Å²) in [4.78, 5) is 16.0. The van der Waals surface area contributed by atoms with Crippen molar-refractivity contribution in [3.05, 3.63) is 48.5 Å². The predicted octanol–water partition coefficient (Wildman–Crippen LogP) is 4.04. The first-order valence-electron chi connectivity index (χ1n) is 8.57. The molecule has 2 N–H and O–H groups in total. The van der Waals surface area contributed by atoms with Crippen LogP contribution in [0.25, 0.3) is 0 Å². The maximum atomic E-state index is 12.5. The average molecular weight is 422 g/mol. The molecule has 1 amide bonds. The van der Waals surface area contributed by atoms with Gasteiger partial charge in [-0.15, -0.1) is 0 Å². The smallest absolute Gasteiger partial charge is 0.413 e. The van der Waals surface area contributed by atoms with Gasteiger partial charge in [-0.3, -0.25) is 5.32 Å². The van der Waals surface area contributed by atoms with Crippen LogP contribution in [0.5, 0.6) is 5.75 Å². The molecule has 0 unspecified atom stereocenters. The molecule has 0 saturated heterocycles. The molecule has 0 radical (unpaired) electrons. The predicted molar refractivity (Wildman–Crippen MR) is 108 cm³/mol. The fourth-order valence-corrected chi connectivity index (χ4v) is 3.83. The second-order valence-corrected chi connectivity index (χ2v) is 8.11. The zero-order chi connectivity index (χ0) is 20.0. The SMILES string of the molecule is CCCCOC(=O)NC1=Nc2ccc(S(=O)(=O)Oc3ccccc3)cc2NS1. The van der Waals surface area contributed by atoms with Gasteiger partial charge in [0, 0.05) is 11.9 Å². The second kappa shape index (κ2) is 8.98. The van der Waals surface area contributed by atoms with Gasteiger partial charge in [-0.2, -0.15) is 8.42 Å². The van der Waals surface area contributed by atoms with Crippen molar-refractivity contribution in [3.8, 4) is 5.75 Å². The van der Waals surface area contributed by atoms with E-state index >= 15 is 0 Å². The number of benzene rings is 2. The lowest BCUT2D eigenvalue weighted by Gasteiger charge is -2.17. The molecule has 0 fully saturated rings. The van der Waals surface area contributed by atoms with E-state index < -0.39 is 16.2 Å². The molecule has 3 rings (SSSR count). The number of carbonyl (C=O) groups excluding carboxylic acids is 1. The van der Waals surface area contributed by atoms with Gasteiger partial charge in [0.25, 0.3) is 0 Å². The number of amides is 1. The molecule has 0 bridgehead atoms. The maximum absolute atomic E-state index is 12.5. The highest BCUT2D eigenvalue weighted by Gasteiger charge is 2.21. The van der Waals surface area contributed by atoms with Gasteiger partial charge >= 0.3 is 16.2 Å². The monoisotopic (exact) mass is 421 g/mol. The lowest BCUT2D eigenvalue weighted by atomic mass is 10.3. The fourth-order valence-electron chi connectivity index (χ4n) is 2.22. The molecule has 1 aliphatic heterocycles. The number of unbranched alkanes of at least 4 members (excludes halogenated alkanes) is 1. The van der Waals surface area contributed by atoms with Crippen LogP contribution in [0.4, 0.5) is 16.2 Å². The Balaban J connectivity index is 1.71. The number of para-hydroxylation sites is 1. The first-order chi connectivity index (χ1) is 13.5. The summed E-state index contributed by atoms with van der Waals surface area (Å²) in [6.45, 7) is 2.34. The topological polar surface area (TPSA) is 106 Å². The van der Waals surface area contributed by atoms with E-state index in [0.29, 0.717) is 23.1 Å². The van der Waals surface area contributed by atoms with Crippen molar-refractivity contribution >= 4 is 44.7 Å². The van der Waals surface area contributed by atoms with Crippen LogP contribution in [0.3, 0.4) is 0 Å². The van der Waals surface area contributed by atoms with Crippen molar-refractivity contribution in [3.63, 3.8) is 0 Å². The summed E-state index contributed by atoms with van der Waals surface area (Å²) in [5.74, 6) is 0.230. The number of rotatable bonds is 6. The van der Waals surface area contributed by atoms with Crippen LogP contribution in [-0.2, 0) is 14.9 Å². The number of hydrogen-bond acceptors (Lipinski definition) is 8. The van der Waals surface area contributed by atoms with E-state index in [1.54, 1.807) is 30.3 Å². The van der Waals surface area contributed by atoms with Crippen LogP contribution in [-0.4, -0.2) is 26.3 Å². The minimum absolute atomic E-state index is 0.00575. The maximum Gasteiger partial charge on any atom is 0.413 e. The number of carbonyl (C=O) groups is 1. The summed E-state index contributed by atoms with van der Waals surface area (Å²) in [6.07, 6.45) is 1.13. The number of hydrogen-bond donors (Lipinski definition) is 2. The molecule has 1 aliphatic rings. The van der Waals surface area contributed by atoms with Crippen molar-refractivity contribution in [2.75, 3.05) is 11.3 Å². The number of anilines is 1. The van der Waals surface area contributed by atoms with Crippen LogP contribution in [0.15, 0.2) is 58.4 Å². The van der Waals surface area contributed by atoms with E-state index in [-0.39, 0.29) is 10.6 Å². The van der Waals surface area contributed by atoms with Crippen LogP contribution < -0.4 is 14.2 Å². The number of alkyl carbamates (subject to hydrolysis) is 1. The molecule has 0 aromatic heterocycles. The van der Waals surface area contributed by atoms with Gasteiger partial charge < -0.3 is 13.6 Å². The molecule has 0 spiro atoms. The second-order valence-electron chi connectivity index (χ2n) is 5.77.